The SMILES string of the molecule is COC(=O)c1nc(CC(C)O)n2cc(O)ccc12. The number of aromatic hydroxyl groups is 1. The second-order valence-corrected chi connectivity index (χ2v) is 4.06. The average Bonchev–Trinajstić information content (AvgIpc) is 2.66. The van der Waals surface area contributed by atoms with E-state index in [1.54, 1.807) is 17.4 Å². The number of nitrogens with zero attached hydrogens (tertiary/aromatic N) is 2. The van der Waals surface area contributed by atoms with Crippen LogP contribution in [-0.2, 0) is 11.2 Å². The molecule has 2 aromatic heterocycles. The Balaban J connectivity index is 2.63. The summed E-state index contributed by atoms with van der Waals surface area (Å²) in [7, 11) is 1.28. The molecule has 0 aliphatic rings. The van der Waals surface area contributed by atoms with Crippen LogP contribution in [0.1, 0.15) is 23.2 Å². The van der Waals surface area contributed by atoms with E-state index in [9.17, 15) is 15.0 Å². The molecule has 0 saturated carbocycles. The summed E-state index contributed by atoms with van der Waals surface area (Å²) in [6.45, 7) is 1.63. The van der Waals surface area contributed by atoms with Gasteiger partial charge in [0.25, 0.3) is 0 Å². The molecule has 0 aromatic carbocycles. The first kappa shape index (κ1) is 12.4. The summed E-state index contributed by atoms with van der Waals surface area (Å²) in [5.41, 5.74) is 0.712. The third-order valence-corrected chi connectivity index (χ3v) is 2.55. The molecule has 0 bridgehead atoms. The predicted molar refractivity (Wildman–Crippen MR) is 63.6 cm³/mol. The monoisotopic (exact) mass is 250 g/mol. The number of carbonyl (C=O) groups excluding carboxylic acids is 1. The van der Waals surface area contributed by atoms with Gasteiger partial charge in [-0.15, -0.1) is 0 Å². The second-order valence-electron chi connectivity index (χ2n) is 4.06. The van der Waals surface area contributed by atoms with Gasteiger partial charge in [0.2, 0.25) is 0 Å². The van der Waals surface area contributed by atoms with Crippen LogP contribution in [0.2, 0.25) is 0 Å². The molecule has 0 radical (unpaired) electrons. The van der Waals surface area contributed by atoms with Crippen molar-refractivity contribution in [2.24, 2.45) is 0 Å². The topological polar surface area (TPSA) is 84.1 Å². The third kappa shape index (κ3) is 2.14. The Morgan fingerprint density at radius 3 is 2.89 bits per heavy atom. The molecule has 1 unspecified atom stereocenters. The zero-order valence-corrected chi connectivity index (χ0v) is 10.1. The van der Waals surface area contributed by atoms with Gasteiger partial charge < -0.3 is 14.9 Å². The number of aliphatic hydroxyl groups excluding tert-OH is 1. The lowest BCUT2D eigenvalue weighted by molar-refractivity contribution is 0.0596. The highest BCUT2D eigenvalue weighted by atomic mass is 16.5. The highest BCUT2D eigenvalue weighted by Gasteiger charge is 2.18. The first-order valence-corrected chi connectivity index (χ1v) is 5.49. The molecular formula is C12H14N2O4. The molecule has 96 valence electrons. The van der Waals surface area contributed by atoms with Crippen LogP contribution < -0.4 is 0 Å². The van der Waals surface area contributed by atoms with E-state index in [0.717, 1.165) is 0 Å². The fourth-order valence-corrected chi connectivity index (χ4v) is 1.79. The van der Waals surface area contributed by atoms with Crippen LogP contribution in [0, 0.1) is 0 Å². The van der Waals surface area contributed by atoms with Gasteiger partial charge in [-0.05, 0) is 19.1 Å². The number of aliphatic hydroxyl groups is 1. The van der Waals surface area contributed by atoms with Crippen LogP contribution in [0.15, 0.2) is 18.3 Å². The predicted octanol–water partition coefficient (Wildman–Crippen LogP) is 0.750. The van der Waals surface area contributed by atoms with E-state index in [1.807, 2.05) is 0 Å². The molecule has 2 rings (SSSR count). The van der Waals surface area contributed by atoms with Crippen LogP contribution in [0.4, 0.5) is 0 Å². The van der Waals surface area contributed by atoms with Crippen molar-refractivity contribution in [2.75, 3.05) is 7.11 Å². The normalized spacial score (nSPS) is 12.6. The Kier molecular flexibility index (Phi) is 3.20. The second kappa shape index (κ2) is 4.66. The number of rotatable bonds is 3. The van der Waals surface area contributed by atoms with Gasteiger partial charge in [-0.1, -0.05) is 0 Å². The summed E-state index contributed by atoms with van der Waals surface area (Å²) < 4.78 is 6.23. The first-order chi connectivity index (χ1) is 8.52. The van der Waals surface area contributed by atoms with E-state index in [4.69, 9.17) is 0 Å². The number of pyridine rings is 1. The van der Waals surface area contributed by atoms with Gasteiger partial charge in [0.05, 0.1) is 24.9 Å². The van der Waals surface area contributed by atoms with Gasteiger partial charge in [-0.25, -0.2) is 9.78 Å². The van der Waals surface area contributed by atoms with Crippen molar-refractivity contribution >= 4 is 11.5 Å². The molecule has 0 spiro atoms. The quantitative estimate of drug-likeness (QED) is 0.785. The Hall–Kier alpha value is -2.08. The maximum absolute atomic E-state index is 11.6. The van der Waals surface area contributed by atoms with Crippen molar-refractivity contribution in [3.05, 3.63) is 29.8 Å². The number of fused-ring (bicyclic) bond motifs is 1. The Labute approximate surface area is 103 Å². The molecule has 18 heavy (non-hydrogen) atoms. The van der Waals surface area contributed by atoms with Gasteiger partial charge in [-0.3, -0.25) is 4.40 Å². The number of aromatic nitrogens is 2. The Morgan fingerprint density at radius 2 is 2.28 bits per heavy atom. The molecule has 2 N–H and O–H groups in total. The fraction of sp³-hybridized carbons (Fsp3) is 0.333. The lowest BCUT2D eigenvalue weighted by atomic mass is 10.3. The minimum atomic E-state index is -0.594. The largest absolute Gasteiger partial charge is 0.506 e. The summed E-state index contributed by atoms with van der Waals surface area (Å²) >= 11 is 0. The smallest absolute Gasteiger partial charge is 0.358 e. The average molecular weight is 250 g/mol. The number of imidazole rings is 1. The summed E-state index contributed by atoms with van der Waals surface area (Å²) in [6, 6.07) is 3.05. The molecule has 1 atom stereocenters. The highest BCUT2D eigenvalue weighted by Crippen LogP contribution is 2.19. The van der Waals surface area contributed by atoms with Crippen molar-refractivity contribution in [2.45, 2.75) is 19.4 Å². The van der Waals surface area contributed by atoms with Gasteiger partial charge in [0.15, 0.2) is 5.69 Å². The van der Waals surface area contributed by atoms with Crippen LogP contribution in [0.5, 0.6) is 5.75 Å². The van der Waals surface area contributed by atoms with Gasteiger partial charge in [0, 0.05) is 6.42 Å². The van der Waals surface area contributed by atoms with E-state index in [0.29, 0.717) is 11.3 Å². The van der Waals surface area contributed by atoms with E-state index in [1.165, 1.54) is 19.4 Å². The molecule has 2 aromatic rings. The summed E-state index contributed by atoms with van der Waals surface area (Å²) in [5, 5.41) is 18.9. The Bertz CT molecular complexity index is 589. The number of methoxy groups -OCH3 is 1. The maximum atomic E-state index is 11.6. The van der Waals surface area contributed by atoms with Crippen molar-refractivity contribution < 1.29 is 19.7 Å². The van der Waals surface area contributed by atoms with Gasteiger partial charge in [-0.2, -0.15) is 0 Å². The molecule has 0 saturated heterocycles. The molecule has 0 fully saturated rings. The minimum Gasteiger partial charge on any atom is -0.506 e. The molecule has 6 nitrogen and oxygen atoms in total. The molecular weight excluding hydrogens is 236 g/mol. The Morgan fingerprint density at radius 1 is 1.56 bits per heavy atom. The van der Waals surface area contributed by atoms with Gasteiger partial charge in [0.1, 0.15) is 11.6 Å². The van der Waals surface area contributed by atoms with E-state index >= 15 is 0 Å². The van der Waals surface area contributed by atoms with E-state index < -0.39 is 12.1 Å². The van der Waals surface area contributed by atoms with Crippen molar-refractivity contribution in [1.82, 2.24) is 9.38 Å². The number of ether oxygens (including phenoxy) is 1. The summed E-state index contributed by atoms with van der Waals surface area (Å²) in [6.07, 6.45) is 1.14. The fourth-order valence-electron chi connectivity index (χ4n) is 1.79. The lowest BCUT2D eigenvalue weighted by Crippen LogP contribution is -2.08. The van der Waals surface area contributed by atoms with E-state index in [2.05, 4.69) is 9.72 Å². The zero-order chi connectivity index (χ0) is 13.3. The van der Waals surface area contributed by atoms with E-state index in [-0.39, 0.29) is 17.9 Å². The number of hydrogen-bond acceptors (Lipinski definition) is 5. The molecule has 0 amide bonds. The highest BCUT2D eigenvalue weighted by molar-refractivity contribution is 5.95. The van der Waals surface area contributed by atoms with Crippen LogP contribution in [0.3, 0.4) is 0 Å². The summed E-state index contributed by atoms with van der Waals surface area (Å²) in [5.74, 6) is 0.00879. The van der Waals surface area contributed by atoms with Gasteiger partial charge >= 0.3 is 5.97 Å². The molecule has 0 aliphatic carbocycles. The zero-order valence-electron chi connectivity index (χ0n) is 10.1. The summed E-state index contributed by atoms with van der Waals surface area (Å²) in [4.78, 5) is 15.7. The van der Waals surface area contributed by atoms with Crippen molar-refractivity contribution in [3.8, 4) is 5.75 Å². The lowest BCUT2D eigenvalue weighted by Gasteiger charge is -2.03. The van der Waals surface area contributed by atoms with Crippen molar-refractivity contribution in [3.63, 3.8) is 0 Å². The number of carbonyl (C=O) groups is 1. The van der Waals surface area contributed by atoms with Crippen LogP contribution in [0.25, 0.3) is 5.52 Å². The standard InChI is InChI=1S/C12H14N2O4/c1-7(15)5-10-13-11(12(17)18-2)9-4-3-8(16)6-14(9)10/h3-4,6-7,15-16H,5H2,1-2H3. The maximum Gasteiger partial charge on any atom is 0.358 e. The van der Waals surface area contributed by atoms with Crippen LogP contribution >= 0.6 is 0 Å². The molecule has 0 aliphatic heterocycles. The molecule has 2 heterocycles. The number of hydrogen-bond donors (Lipinski definition) is 2. The molecule has 6 heteroatoms. The minimum absolute atomic E-state index is 0.0585. The first-order valence-electron chi connectivity index (χ1n) is 5.49. The number of esters is 1. The third-order valence-electron chi connectivity index (χ3n) is 2.55. The van der Waals surface area contributed by atoms with Crippen LogP contribution in [-0.4, -0.2) is 38.8 Å². The van der Waals surface area contributed by atoms with Crippen molar-refractivity contribution in [1.29, 1.82) is 0 Å².